The molecule has 7 heteroatoms. The molecule has 4 rings (SSSR count). The number of fused-ring (bicyclic) bond motifs is 4. The molecule has 0 unspecified atom stereocenters. The molecule has 0 saturated heterocycles. The molecule has 5 nitrogen and oxygen atoms in total. The predicted octanol–water partition coefficient (Wildman–Crippen LogP) is 4.34. The summed E-state index contributed by atoms with van der Waals surface area (Å²) < 4.78 is -1.81. The van der Waals surface area contributed by atoms with E-state index in [1.807, 2.05) is 6.92 Å². The van der Waals surface area contributed by atoms with Crippen molar-refractivity contribution < 1.29 is 14.4 Å². The number of halogens is 2. The molecule has 0 fully saturated rings. The first kappa shape index (κ1) is 17.9. The maximum absolute atomic E-state index is 13.0. The van der Waals surface area contributed by atoms with Crippen LogP contribution in [0.1, 0.15) is 57.3 Å². The fraction of sp³-hybridized carbons (Fsp3) is 0.200. The Hall–Kier alpha value is -2.50. The zero-order chi connectivity index (χ0) is 19.3. The molecule has 27 heavy (non-hydrogen) atoms. The van der Waals surface area contributed by atoms with Gasteiger partial charge in [0.15, 0.2) is 17.3 Å². The lowest BCUT2D eigenvalue weighted by atomic mass is 9.83. The number of nitrogens with one attached hydrogen (secondary N) is 1. The lowest BCUT2D eigenvalue weighted by Gasteiger charge is -2.19. The number of alkyl halides is 2. The largest absolute Gasteiger partial charge is 0.296 e. The predicted molar refractivity (Wildman–Crippen MR) is 103 cm³/mol. The molecule has 0 atom stereocenters. The lowest BCUT2D eigenvalue weighted by molar-refractivity contribution is -0.119. The summed E-state index contributed by atoms with van der Waals surface area (Å²) in [4.78, 5) is 38.2. The van der Waals surface area contributed by atoms with Crippen LogP contribution in [0, 0.1) is 0 Å². The van der Waals surface area contributed by atoms with E-state index in [1.165, 1.54) is 0 Å². The molecule has 2 aromatic carbocycles. The van der Waals surface area contributed by atoms with Gasteiger partial charge >= 0.3 is 0 Å². The lowest BCUT2D eigenvalue weighted by Crippen LogP contribution is -2.24. The summed E-state index contributed by atoms with van der Waals surface area (Å²) in [6.45, 7) is 1.85. The highest BCUT2D eigenvalue weighted by Gasteiger charge is 2.40. The molecule has 1 N–H and O–H groups in total. The Morgan fingerprint density at radius 3 is 2.37 bits per heavy atom. The fourth-order valence-corrected chi connectivity index (χ4v) is 3.90. The number of hydrogen-bond acceptors (Lipinski definition) is 4. The molecule has 136 valence electrons. The number of aromatic amines is 1. The van der Waals surface area contributed by atoms with Crippen LogP contribution >= 0.6 is 23.2 Å². The fourth-order valence-electron chi connectivity index (χ4n) is 3.42. The van der Waals surface area contributed by atoms with Gasteiger partial charge in [-0.1, -0.05) is 60.5 Å². The molecule has 0 bridgehead atoms. The van der Waals surface area contributed by atoms with E-state index < -0.39 is 4.33 Å². The average Bonchev–Trinajstić information content (AvgIpc) is 3.10. The Morgan fingerprint density at radius 1 is 1.04 bits per heavy atom. The number of Topliss-reactive ketones (excluding diaryl/α,β-unsaturated/α-hetero) is 1. The molecular weight excluding hydrogens is 387 g/mol. The van der Waals surface area contributed by atoms with Crippen LogP contribution < -0.4 is 0 Å². The van der Waals surface area contributed by atoms with Crippen LogP contribution in [0.2, 0.25) is 0 Å². The molecule has 0 saturated carbocycles. The number of carbonyl (C=O) groups is 3. The Kier molecular flexibility index (Phi) is 4.17. The molecule has 0 spiro atoms. The molecule has 1 aliphatic carbocycles. The van der Waals surface area contributed by atoms with Crippen molar-refractivity contribution in [2.75, 3.05) is 0 Å². The highest BCUT2D eigenvalue weighted by molar-refractivity contribution is 6.58. The van der Waals surface area contributed by atoms with Gasteiger partial charge in [-0.25, -0.2) is 0 Å². The second-order valence-electron chi connectivity index (χ2n) is 6.43. The van der Waals surface area contributed by atoms with E-state index in [4.69, 9.17) is 23.2 Å². The number of ketones is 3. The van der Waals surface area contributed by atoms with E-state index in [0.29, 0.717) is 22.9 Å². The Morgan fingerprint density at radius 2 is 1.70 bits per heavy atom. The Bertz CT molecular complexity index is 1130. The van der Waals surface area contributed by atoms with Crippen molar-refractivity contribution >= 4 is 51.5 Å². The molecule has 0 amide bonds. The minimum Gasteiger partial charge on any atom is -0.296 e. The third kappa shape index (κ3) is 2.53. The number of rotatable bonds is 4. The van der Waals surface area contributed by atoms with Crippen molar-refractivity contribution in [1.82, 2.24) is 10.2 Å². The van der Waals surface area contributed by atoms with Gasteiger partial charge in [0.1, 0.15) is 5.52 Å². The van der Waals surface area contributed by atoms with Crippen molar-refractivity contribution in [3.8, 4) is 0 Å². The topological polar surface area (TPSA) is 79.9 Å². The second kappa shape index (κ2) is 6.29. The summed E-state index contributed by atoms with van der Waals surface area (Å²) in [6.07, 6.45) is 0.814. The SMILES string of the molecule is CCCC(=O)C(Cl)(Cl)c1[nH]nc2c3c(ccc12)C(=O)c1ccccc1C3=O. The number of nitrogens with zero attached hydrogens (tertiary/aromatic N) is 1. The molecule has 0 radical (unpaired) electrons. The molecule has 1 heterocycles. The Balaban J connectivity index is 1.94. The van der Waals surface area contributed by atoms with Crippen molar-refractivity contribution in [1.29, 1.82) is 0 Å². The third-order valence-corrected chi connectivity index (χ3v) is 5.56. The first-order chi connectivity index (χ1) is 12.9. The minimum absolute atomic E-state index is 0.200. The molecule has 0 aliphatic heterocycles. The van der Waals surface area contributed by atoms with Gasteiger partial charge in [0, 0.05) is 28.5 Å². The quantitative estimate of drug-likeness (QED) is 0.516. The number of H-pyrrole nitrogens is 1. The maximum Gasteiger partial charge on any atom is 0.217 e. The monoisotopic (exact) mass is 400 g/mol. The maximum atomic E-state index is 13.0. The average molecular weight is 401 g/mol. The van der Waals surface area contributed by atoms with Crippen molar-refractivity contribution in [3.05, 3.63) is 64.3 Å². The summed E-state index contributed by atoms with van der Waals surface area (Å²) in [5.74, 6) is -0.889. The molecule has 1 aromatic heterocycles. The minimum atomic E-state index is -1.81. The van der Waals surface area contributed by atoms with Gasteiger partial charge in [-0.2, -0.15) is 5.10 Å². The van der Waals surface area contributed by atoms with Gasteiger partial charge in [0.05, 0.1) is 11.3 Å². The van der Waals surface area contributed by atoms with Crippen LogP contribution in [-0.2, 0) is 9.13 Å². The van der Waals surface area contributed by atoms with Gasteiger partial charge in [-0.05, 0) is 12.5 Å². The number of aromatic nitrogens is 2. The van der Waals surface area contributed by atoms with E-state index >= 15 is 0 Å². The molecule has 1 aliphatic rings. The van der Waals surface area contributed by atoms with Crippen LogP contribution in [0.15, 0.2) is 36.4 Å². The standard InChI is InChI=1S/C20H14Cl2N2O3/c1-2-5-14(25)20(21,22)19-13-9-8-12-15(16(13)23-24-19)18(27)11-7-4-3-6-10(11)17(12)26/h3-4,6-9H,2,5H2,1H3,(H,23,24). The zero-order valence-corrected chi connectivity index (χ0v) is 15.8. The zero-order valence-electron chi connectivity index (χ0n) is 14.3. The van der Waals surface area contributed by atoms with Gasteiger partial charge < -0.3 is 0 Å². The summed E-state index contributed by atoms with van der Waals surface area (Å²) in [5.41, 5.74) is 1.67. The number of benzene rings is 2. The normalized spacial score (nSPS) is 13.6. The van der Waals surface area contributed by atoms with Crippen LogP contribution in [0.25, 0.3) is 10.9 Å². The van der Waals surface area contributed by atoms with Gasteiger partial charge in [0.2, 0.25) is 4.33 Å². The van der Waals surface area contributed by atoms with Crippen LogP contribution in [0.3, 0.4) is 0 Å². The molecular formula is C20H14Cl2N2O3. The summed E-state index contributed by atoms with van der Waals surface area (Å²) in [6, 6.07) is 9.84. The second-order valence-corrected chi connectivity index (χ2v) is 7.76. The van der Waals surface area contributed by atoms with E-state index in [9.17, 15) is 14.4 Å². The van der Waals surface area contributed by atoms with Crippen molar-refractivity contribution in [2.24, 2.45) is 0 Å². The van der Waals surface area contributed by atoms with Crippen LogP contribution in [0.5, 0.6) is 0 Å². The highest BCUT2D eigenvalue weighted by Crippen LogP contribution is 2.41. The van der Waals surface area contributed by atoms with Gasteiger partial charge in [-0.3, -0.25) is 19.5 Å². The summed E-state index contributed by atoms with van der Waals surface area (Å²) in [7, 11) is 0. The third-order valence-electron chi connectivity index (χ3n) is 4.76. The van der Waals surface area contributed by atoms with E-state index in [2.05, 4.69) is 10.2 Å². The van der Waals surface area contributed by atoms with Gasteiger partial charge in [0.25, 0.3) is 0 Å². The van der Waals surface area contributed by atoms with Crippen LogP contribution in [-0.4, -0.2) is 27.5 Å². The number of carbonyl (C=O) groups excluding carboxylic acids is 3. The van der Waals surface area contributed by atoms with E-state index in [0.717, 1.165) is 0 Å². The smallest absolute Gasteiger partial charge is 0.217 e. The van der Waals surface area contributed by atoms with Gasteiger partial charge in [-0.15, -0.1) is 0 Å². The van der Waals surface area contributed by atoms with Crippen molar-refractivity contribution in [2.45, 2.75) is 24.1 Å². The van der Waals surface area contributed by atoms with E-state index in [1.54, 1.807) is 36.4 Å². The first-order valence-corrected chi connectivity index (χ1v) is 9.24. The van der Waals surface area contributed by atoms with E-state index in [-0.39, 0.29) is 46.1 Å². The number of hydrogen-bond donors (Lipinski definition) is 1. The summed E-state index contributed by atoms with van der Waals surface area (Å²) >= 11 is 12.7. The Labute approximate surface area is 164 Å². The first-order valence-electron chi connectivity index (χ1n) is 8.49. The highest BCUT2D eigenvalue weighted by atomic mass is 35.5. The van der Waals surface area contributed by atoms with Crippen molar-refractivity contribution in [3.63, 3.8) is 0 Å². The van der Waals surface area contributed by atoms with Crippen LogP contribution in [0.4, 0.5) is 0 Å². The molecule has 3 aromatic rings. The summed E-state index contributed by atoms with van der Waals surface area (Å²) in [5, 5.41) is 7.33.